The Morgan fingerprint density at radius 3 is 2.88 bits per heavy atom. The number of benzene rings is 1. The maximum atomic E-state index is 14.3. The van der Waals surface area contributed by atoms with Crippen LogP contribution in [0, 0.1) is 12.7 Å². The van der Waals surface area contributed by atoms with Gasteiger partial charge < -0.3 is 10.1 Å². The SMILES string of the molecule is CCOc1cccc(NC(=O)c2nc3cccnc3cc2C)c1F. The van der Waals surface area contributed by atoms with Gasteiger partial charge in [0.1, 0.15) is 5.69 Å². The fourth-order valence-corrected chi connectivity index (χ4v) is 2.38. The number of ether oxygens (including phenoxy) is 1. The first kappa shape index (κ1) is 15.9. The van der Waals surface area contributed by atoms with Crippen LogP contribution in [-0.4, -0.2) is 22.5 Å². The van der Waals surface area contributed by atoms with E-state index in [1.54, 1.807) is 44.3 Å². The quantitative estimate of drug-likeness (QED) is 0.794. The second-order valence-electron chi connectivity index (χ2n) is 5.20. The molecule has 0 radical (unpaired) electrons. The first-order valence-corrected chi connectivity index (χ1v) is 7.55. The zero-order chi connectivity index (χ0) is 17.1. The van der Waals surface area contributed by atoms with Gasteiger partial charge in [-0.15, -0.1) is 0 Å². The minimum Gasteiger partial charge on any atom is -0.491 e. The number of nitrogens with zero attached hydrogens (tertiary/aromatic N) is 2. The molecule has 3 rings (SSSR count). The molecule has 1 N–H and O–H groups in total. The normalized spacial score (nSPS) is 10.6. The van der Waals surface area contributed by atoms with E-state index in [9.17, 15) is 9.18 Å². The molecule has 2 heterocycles. The maximum absolute atomic E-state index is 14.3. The predicted molar refractivity (Wildman–Crippen MR) is 89.8 cm³/mol. The largest absolute Gasteiger partial charge is 0.491 e. The Balaban J connectivity index is 1.93. The number of rotatable bonds is 4. The van der Waals surface area contributed by atoms with Crippen molar-refractivity contribution >= 4 is 22.6 Å². The molecule has 0 atom stereocenters. The predicted octanol–water partition coefficient (Wildman–Crippen LogP) is 3.73. The van der Waals surface area contributed by atoms with Crippen molar-refractivity contribution in [3.8, 4) is 5.75 Å². The van der Waals surface area contributed by atoms with E-state index in [1.807, 2.05) is 0 Å². The molecule has 1 amide bonds. The Kier molecular flexibility index (Phi) is 4.37. The number of fused-ring (bicyclic) bond motifs is 1. The number of nitrogens with one attached hydrogen (secondary N) is 1. The Morgan fingerprint density at radius 1 is 1.25 bits per heavy atom. The zero-order valence-electron chi connectivity index (χ0n) is 13.3. The van der Waals surface area contributed by atoms with E-state index in [0.29, 0.717) is 23.2 Å². The number of hydrogen-bond acceptors (Lipinski definition) is 4. The van der Waals surface area contributed by atoms with Crippen molar-refractivity contribution in [1.29, 1.82) is 0 Å². The Labute approximate surface area is 138 Å². The van der Waals surface area contributed by atoms with Crippen molar-refractivity contribution < 1.29 is 13.9 Å². The number of amides is 1. The summed E-state index contributed by atoms with van der Waals surface area (Å²) in [6.07, 6.45) is 1.66. The van der Waals surface area contributed by atoms with Gasteiger partial charge in [-0.1, -0.05) is 6.07 Å². The minimum absolute atomic E-state index is 0.0541. The Morgan fingerprint density at radius 2 is 2.08 bits per heavy atom. The number of carbonyl (C=O) groups excluding carboxylic acids is 1. The van der Waals surface area contributed by atoms with E-state index in [1.165, 1.54) is 12.1 Å². The molecule has 0 aliphatic rings. The van der Waals surface area contributed by atoms with E-state index in [-0.39, 0.29) is 17.1 Å². The van der Waals surface area contributed by atoms with Crippen molar-refractivity contribution in [1.82, 2.24) is 9.97 Å². The number of aryl methyl sites for hydroxylation is 1. The second-order valence-corrected chi connectivity index (χ2v) is 5.20. The van der Waals surface area contributed by atoms with Gasteiger partial charge in [0.2, 0.25) is 0 Å². The highest BCUT2D eigenvalue weighted by Crippen LogP contribution is 2.25. The van der Waals surface area contributed by atoms with Gasteiger partial charge in [-0.05, 0) is 49.7 Å². The van der Waals surface area contributed by atoms with E-state index in [2.05, 4.69) is 15.3 Å². The van der Waals surface area contributed by atoms with Crippen molar-refractivity contribution in [3.05, 3.63) is 59.7 Å². The van der Waals surface area contributed by atoms with Crippen LogP contribution in [0.1, 0.15) is 23.0 Å². The number of halogens is 1. The monoisotopic (exact) mass is 325 g/mol. The van der Waals surface area contributed by atoms with Crippen LogP contribution in [0.2, 0.25) is 0 Å². The molecule has 122 valence electrons. The summed E-state index contributed by atoms with van der Waals surface area (Å²) in [7, 11) is 0. The van der Waals surface area contributed by atoms with Crippen LogP contribution in [-0.2, 0) is 0 Å². The fraction of sp³-hybridized carbons (Fsp3) is 0.167. The molecule has 0 fully saturated rings. The lowest BCUT2D eigenvalue weighted by atomic mass is 10.1. The first-order chi connectivity index (χ1) is 11.6. The molecule has 0 unspecified atom stereocenters. The molecular weight excluding hydrogens is 309 g/mol. The molecule has 0 spiro atoms. The summed E-state index contributed by atoms with van der Waals surface area (Å²) in [5.74, 6) is -0.985. The van der Waals surface area contributed by atoms with Crippen LogP contribution in [0.15, 0.2) is 42.6 Å². The van der Waals surface area contributed by atoms with Crippen molar-refractivity contribution in [2.24, 2.45) is 0 Å². The smallest absolute Gasteiger partial charge is 0.274 e. The lowest BCUT2D eigenvalue weighted by Gasteiger charge is -2.11. The van der Waals surface area contributed by atoms with Crippen LogP contribution in [0.4, 0.5) is 10.1 Å². The summed E-state index contributed by atoms with van der Waals surface area (Å²) in [6.45, 7) is 3.87. The topological polar surface area (TPSA) is 64.1 Å². The molecule has 0 saturated carbocycles. The summed E-state index contributed by atoms with van der Waals surface area (Å²) in [6, 6.07) is 9.91. The summed E-state index contributed by atoms with van der Waals surface area (Å²) >= 11 is 0. The Hall–Kier alpha value is -3.02. The first-order valence-electron chi connectivity index (χ1n) is 7.55. The van der Waals surface area contributed by atoms with E-state index < -0.39 is 11.7 Å². The van der Waals surface area contributed by atoms with Crippen molar-refractivity contribution in [2.45, 2.75) is 13.8 Å². The number of pyridine rings is 2. The van der Waals surface area contributed by atoms with Crippen molar-refractivity contribution in [3.63, 3.8) is 0 Å². The van der Waals surface area contributed by atoms with Crippen LogP contribution in [0.3, 0.4) is 0 Å². The standard InChI is InChI=1S/C18H16FN3O2/c1-3-24-15-8-4-6-13(16(15)19)22-18(23)17-11(2)10-14-12(21-17)7-5-9-20-14/h4-10H,3H2,1-2H3,(H,22,23). The molecule has 3 aromatic rings. The van der Waals surface area contributed by atoms with Crippen molar-refractivity contribution in [2.75, 3.05) is 11.9 Å². The lowest BCUT2D eigenvalue weighted by Crippen LogP contribution is -2.16. The lowest BCUT2D eigenvalue weighted by molar-refractivity contribution is 0.102. The molecule has 0 aliphatic carbocycles. The van der Waals surface area contributed by atoms with E-state index in [0.717, 1.165) is 0 Å². The van der Waals surface area contributed by atoms with Gasteiger partial charge in [0.05, 0.1) is 23.3 Å². The van der Waals surface area contributed by atoms with Gasteiger partial charge in [0, 0.05) is 6.20 Å². The molecule has 0 saturated heterocycles. The van der Waals surface area contributed by atoms with Gasteiger partial charge in [-0.2, -0.15) is 0 Å². The van der Waals surface area contributed by atoms with Gasteiger partial charge in [0.15, 0.2) is 11.6 Å². The molecule has 2 aromatic heterocycles. The Bertz CT molecular complexity index is 912. The third-order valence-corrected chi connectivity index (χ3v) is 3.50. The van der Waals surface area contributed by atoms with E-state index >= 15 is 0 Å². The van der Waals surface area contributed by atoms with Crippen LogP contribution in [0.5, 0.6) is 5.75 Å². The molecule has 6 heteroatoms. The zero-order valence-corrected chi connectivity index (χ0v) is 13.3. The number of hydrogen-bond donors (Lipinski definition) is 1. The summed E-state index contributed by atoms with van der Waals surface area (Å²) in [5.41, 5.74) is 2.27. The average Bonchev–Trinajstić information content (AvgIpc) is 2.58. The molecule has 5 nitrogen and oxygen atoms in total. The number of anilines is 1. The highest BCUT2D eigenvalue weighted by molar-refractivity contribution is 6.05. The number of carbonyl (C=O) groups is 1. The molecular formula is C18H16FN3O2. The van der Waals surface area contributed by atoms with E-state index in [4.69, 9.17) is 4.74 Å². The van der Waals surface area contributed by atoms with Gasteiger partial charge in [-0.3, -0.25) is 9.78 Å². The summed E-state index contributed by atoms with van der Waals surface area (Å²) in [5, 5.41) is 2.55. The third kappa shape index (κ3) is 3.03. The molecule has 0 aliphatic heterocycles. The third-order valence-electron chi connectivity index (χ3n) is 3.50. The second kappa shape index (κ2) is 6.62. The van der Waals surface area contributed by atoms with Gasteiger partial charge in [-0.25, -0.2) is 9.37 Å². The highest BCUT2D eigenvalue weighted by atomic mass is 19.1. The highest BCUT2D eigenvalue weighted by Gasteiger charge is 2.16. The average molecular weight is 325 g/mol. The van der Waals surface area contributed by atoms with Crippen LogP contribution < -0.4 is 10.1 Å². The van der Waals surface area contributed by atoms with Gasteiger partial charge in [0.25, 0.3) is 5.91 Å². The molecule has 0 bridgehead atoms. The minimum atomic E-state index is -0.604. The molecule has 24 heavy (non-hydrogen) atoms. The molecule has 1 aromatic carbocycles. The number of aromatic nitrogens is 2. The fourth-order valence-electron chi connectivity index (χ4n) is 2.38. The maximum Gasteiger partial charge on any atom is 0.274 e. The van der Waals surface area contributed by atoms with Crippen LogP contribution >= 0.6 is 0 Å². The van der Waals surface area contributed by atoms with Gasteiger partial charge >= 0.3 is 0 Å². The van der Waals surface area contributed by atoms with Crippen LogP contribution in [0.25, 0.3) is 11.0 Å². The summed E-state index contributed by atoms with van der Waals surface area (Å²) < 4.78 is 19.5. The summed E-state index contributed by atoms with van der Waals surface area (Å²) in [4.78, 5) is 21.0.